The van der Waals surface area contributed by atoms with E-state index < -0.39 is 0 Å². The lowest BCUT2D eigenvalue weighted by atomic mass is 10.0. The van der Waals surface area contributed by atoms with Crippen molar-refractivity contribution in [1.29, 1.82) is 0 Å². The van der Waals surface area contributed by atoms with Crippen molar-refractivity contribution >= 4 is 27.5 Å². The van der Waals surface area contributed by atoms with Crippen LogP contribution in [0, 0.1) is 5.82 Å². The molecule has 21 heavy (non-hydrogen) atoms. The summed E-state index contributed by atoms with van der Waals surface area (Å²) in [6.07, 6.45) is 3.20. The Morgan fingerprint density at radius 2 is 2.19 bits per heavy atom. The van der Waals surface area contributed by atoms with Crippen LogP contribution in [0.5, 0.6) is 0 Å². The first-order valence-corrected chi connectivity index (χ1v) is 8.06. The van der Waals surface area contributed by atoms with Crippen LogP contribution >= 0.6 is 27.5 Å². The molecule has 2 nitrogen and oxygen atoms in total. The molecule has 0 saturated heterocycles. The van der Waals surface area contributed by atoms with E-state index in [1.807, 2.05) is 6.07 Å². The number of rotatable bonds is 6. The molecule has 1 aromatic carbocycles. The molecule has 0 aliphatic rings. The molecule has 0 fully saturated rings. The largest absolute Gasteiger partial charge is 0.308 e. The summed E-state index contributed by atoms with van der Waals surface area (Å²) in [4.78, 5) is 4.35. The average molecular weight is 372 g/mol. The van der Waals surface area contributed by atoms with Gasteiger partial charge in [0.15, 0.2) is 0 Å². The Bertz CT molecular complexity index is 607. The molecule has 0 spiro atoms. The molecule has 1 unspecified atom stereocenters. The Labute approximate surface area is 137 Å². The zero-order valence-corrected chi connectivity index (χ0v) is 14.1. The van der Waals surface area contributed by atoms with Gasteiger partial charge in [0, 0.05) is 10.7 Å². The molecule has 1 aromatic heterocycles. The van der Waals surface area contributed by atoms with E-state index in [-0.39, 0.29) is 11.9 Å². The number of pyridine rings is 1. The number of benzene rings is 1. The van der Waals surface area contributed by atoms with E-state index in [0.29, 0.717) is 17.0 Å². The summed E-state index contributed by atoms with van der Waals surface area (Å²) in [5, 5.41) is 3.99. The summed E-state index contributed by atoms with van der Waals surface area (Å²) in [5.41, 5.74) is 1.40. The fourth-order valence-electron chi connectivity index (χ4n) is 2.16. The molecular weight excluding hydrogens is 355 g/mol. The highest BCUT2D eigenvalue weighted by Crippen LogP contribution is 2.26. The number of halogens is 3. The van der Waals surface area contributed by atoms with Gasteiger partial charge in [-0.2, -0.15) is 0 Å². The number of aromatic nitrogens is 1. The molecular formula is C16H17BrClFN2. The summed E-state index contributed by atoms with van der Waals surface area (Å²) in [6.45, 7) is 2.91. The zero-order valence-electron chi connectivity index (χ0n) is 11.7. The highest BCUT2D eigenvalue weighted by atomic mass is 79.9. The summed E-state index contributed by atoms with van der Waals surface area (Å²) in [7, 11) is 0. The van der Waals surface area contributed by atoms with Gasteiger partial charge in [0.2, 0.25) is 0 Å². The van der Waals surface area contributed by atoms with Crippen LogP contribution in [-0.4, -0.2) is 11.5 Å². The smallest absolute Gasteiger partial charge is 0.126 e. The summed E-state index contributed by atoms with van der Waals surface area (Å²) >= 11 is 9.61. The average Bonchev–Trinajstić information content (AvgIpc) is 2.48. The Morgan fingerprint density at radius 3 is 2.90 bits per heavy atom. The highest BCUT2D eigenvalue weighted by molar-refractivity contribution is 9.10. The number of hydrogen-bond acceptors (Lipinski definition) is 2. The summed E-state index contributed by atoms with van der Waals surface area (Å²) in [6, 6.07) is 8.46. The lowest BCUT2D eigenvalue weighted by Crippen LogP contribution is -2.25. The molecule has 2 rings (SSSR count). The van der Waals surface area contributed by atoms with Crippen LogP contribution < -0.4 is 5.32 Å². The zero-order chi connectivity index (χ0) is 15.2. The van der Waals surface area contributed by atoms with Crippen LogP contribution in [-0.2, 0) is 6.42 Å². The topological polar surface area (TPSA) is 24.9 Å². The van der Waals surface area contributed by atoms with Gasteiger partial charge in [0.1, 0.15) is 5.82 Å². The highest BCUT2D eigenvalue weighted by Gasteiger charge is 2.18. The molecule has 0 saturated carbocycles. The first-order chi connectivity index (χ1) is 10.1. The molecule has 0 aliphatic carbocycles. The Hall–Kier alpha value is -0.970. The fourth-order valence-corrected chi connectivity index (χ4v) is 2.82. The maximum absolute atomic E-state index is 14.0. The predicted octanol–water partition coefficient (Wildman–Crippen LogP) is 4.92. The maximum atomic E-state index is 14.0. The van der Waals surface area contributed by atoms with Gasteiger partial charge >= 0.3 is 0 Å². The third-order valence-electron chi connectivity index (χ3n) is 3.19. The van der Waals surface area contributed by atoms with E-state index in [9.17, 15) is 4.39 Å². The van der Waals surface area contributed by atoms with Gasteiger partial charge in [-0.15, -0.1) is 0 Å². The monoisotopic (exact) mass is 370 g/mol. The van der Waals surface area contributed by atoms with Gasteiger partial charge in [-0.3, -0.25) is 4.98 Å². The van der Waals surface area contributed by atoms with Crippen LogP contribution in [0.4, 0.5) is 4.39 Å². The van der Waals surface area contributed by atoms with Gasteiger partial charge in [-0.05, 0) is 55.3 Å². The molecule has 1 N–H and O–H groups in total. The number of hydrogen-bond donors (Lipinski definition) is 1. The standard InChI is InChI=1S/C16H17BrClFN2/c1-2-7-20-15(16-13(18)4-3-8-21-16)10-11-9-12(17)5-6-14(11)19/h3-6,8-9,15,20H,2,7,10H2,1H3. The van der Waals surface area contributed by atoms with Crippen molar-refractivity contribution in [3.05, 3.63) is 63.1 Å². The van der Waals surface area contributed by atoms with Crippen molar-refractivity contribution in [2.45, 2.75) is 25.8 Å². The SMILES string of the molecule is CCCNC(Cc1cc(Br)ccc1F)c1ncccc1Cl. The predicted molar refractivity (Wildman–Crippen MR) is 88.1 cm³/mol. The minimum absolute atomic E-state index is 0.109. The Morgan fingerprint density at radius 1 is 1.38 bits per heavy atom. The van der Waals surface area contributed by atoms with Crippen molar-refractivity contribution in [2.24, 2.45) is 0 Å². The molecule has 112 valence electrons. The van der Waals surface area contributed by atoms with Crippen molar-refractivity contribution in [1.82, 2.24) is 10.3 Å². The van der Waals surface area contributed by atoms with E-state index in [0.717, 1.165) is 23.1 Å². The quantitative estimate of drug-likeness (QED) is 0.779. The van der Waals surface area contributed by atoms with E-state index in [1.54, 1.807) is 24.4 Å². The summed E-state index contributed by atoms with van der Waals surface area (Å²) < 4.78 is 14.8. The lowest BCUT2D eigenvalue weighted by Gasteiger charge is -2.19. The molecule has 0 bridgehead atoms. The van der Waals surface area contributed by atoms with Crippen molar-refractivity contribution < 1.29 is 4.39 Å². The van der Waals surface area contributed by atoms with Gasteiger partial charge in [-0.25, -0.2) is 4.39 Å². The van der Waals surface area contributed by atoms with Crippen LogP contribution in [0.15, 0.2) is 41.0 Å². The molecule has 2 aromatic rings. The third-order valence-corrected chi connectivity index (χ3v) is 4.00. The van der Waals surface area contributed by atoms with Crippen LogP contribution in [0.1, 0.15) is 30.6 Å². The lowest BCUT2D eigenvalue weighted by molar-refractivity contribution is 0.503. The Kier molecular flexibility index (Phi) is 6.15. The van der Waals surface area contributed by atoms with Crippen LogP contribution in [0.25, 0.3) is 0 Å². The van der Waals surface area contributed by atoms with E-state index in [4.69, 9.17) is 11.6 Å². The second-order valence-electron chi connectivity index (χ2n) is 4.82. The molecule has 1 atom stereocenters. The number of nitrogens with one attached hydrogen (secondary N) is 1. The van der Waals surface area contributed by atoms with E-state index in [1.165, 1.54) is 6.07 Å². The van der Waals surface area contributed by atoms with Gasteiger partial charge in [-0.1, -0.05) is 34.5 Å². The molecule has 1 heterocycles. The molecule has 5 heteroatoms. The fraction of sp³-hybridized carbons (Fsp3) is 0.312. The maximum Gasteiger partial charge on any atom is 0.126 e. The first-order valence-electron chi connectivity index (χ1n) is 6.89. The van der Waals surface area contributed by atoms with Gasteiger partial charge in [0.25, 0.3) is 0 Å². The van der Waals surface area contributed by atoms with E-state index in [2.05, 4.69) is 33.2 Å². The number of nitrogens with zero attached hydrogens (tertiary/aromatic N) is 1. The first kappa shape index (κ1) is 16.4. The molecule has 0 aliphatic heterocycles. The second kappa shape index (κ2) is 7.87. The van der Waals surface area contributed by atoms with Crippen LogP contribution in [0.2, 0.25) is 5.02 Å². The van der Waals surface area contributed by atoms with Crippen molar-refractivity contribution in [3.8, 4) is 0 Å². The minimum atomic E-state index is -0.214. The van der Waals surface area contributed by atoms with Gasteiger partial charge in [0.05, 0.1) is 16.8 Å². The molecule has 0 amide bonds. The molecule has 0 radical (unpaired) electrons. The van der Waals surface area contributed by atoms with Crippen molar-refractivity contribution in [3.63, 3.8) is 0 Å². The summed E-state index contributed by atoms with van der Waals surface area (Å²) in [5.74, 6) is -0.214. The van der Waals surface area contributed by atoms with Crippen LogP contribution in [0.3, 0.4) is 0 Å². The van der Waals surface area contributed by atoms with Crippen molar-refractivity contribution in [2.75, 3.05) is 6.54 Å². The Balaban J connectivity index is 2.28. The third kappa shape index (κ3) is 4.50. The second-order valence-corrected chi connectivity index (χ2v) is 6.14. The minimum Gasteiger partial charge on any atom is -0.308 e. The van der Waals surface area contributed by atoms with Gasteiger partial charge < -0.3 is 5.32 Å². The van der Waals surface area contributed by atoms with E-state index >= 15 is 0 Å². The normalized spacial score (nSPS) is 12.4.